The molecule has 0 unspecified atom stereocenters. The lowest BCUT2D eigenvalue weighted by molar-refractivity contribution is 0.0528. The van der Waals surface area contributed by atoms with Gasteiger partial charge in [0.2, 0.25) is 0 Å². The van der Waals surface area contributed by atoms with Crippen molar-refractivity contribution in [1.29, 1.82) is 0 Å². The minimum atomic E-state index is -0.512. The molecule has 8 nitrogen and oxygen atoms in total. The van der Waals surface area contributed by atoms with Gasteiger partial charge in [0.25, 0.3) is 0 Å². The van der Waals surface area contributed by atoms with E-state index in [9.17, 15) is 14.1 Å². The lowest BCUT2D eigenvalue weighted by Crippen LogP contribution is -2.17. The third-order valence-corrected chi connectivity index (χ3v) is 7.93. The fourth-order valence-electron chi connectivity index (χ4n) is 4.43. The quantitative estimate of drug-likeness (QED) is 0.171. The van der Waals surface area contributed by atoms with E-state index in [2.05, 4.69) is 30.5 Å². The third kappa shape index (κ3) is 4.77. The van der Waals surface area contributed by atoms with Crippen LogP contribution in [0.4, 0.5) is 0 Å². The van der Waals surface area contributed by atoms with Crippen LogP contribution in [-0.2, 0) is 29.0 Å². The lowest BCUT2D eigenvalue weighted by atomic mass is 10.0. The number of nitrogens with zero attached hydrogens (tertiary/aromatic N) is 4. The summed E-state index contributed by atoms with van der Waals surface area (Å²) in [5.41, 5.74) is 4.74. The maximum absolute atomic E-state index is 13.5. The number of rotatable bonds is 8. The number of phenolic OH excluding ortho intramolecular Hbond substituents is 1. The molecule has 36 heavy (non-hydrogen) atoms. The molecule has 12 heteroatoms. The van der Waals surface area contributed by atoms with Crippen LogP contribution in [0.5, 0.6) is 5.75 Å². The number of carbonyl (C=O) groups excluding carboxylic acids is 1. The van der Waals surface area contributed by atoms with Gasteiger partial charge in [0.1, 0.15) is 11.6 Å². The van der Waals surface area contributed by atoms with Crippen LogP contribution in [0.25, 0.3) is 10.9 Å². The van der Waals surface area contributed by atoms with E-state index in [1.54, 1.807) is 18.6 Å². The number of aromatic nitrogens is 4. The number of aryl methyl sites for hydroxylation is 1. The molecule has 0 saturated heterocycles. The van der Waals surface area contributed by atoms with E-state index < -0.39 is 5.97 Å². The number of fused-ring (bicyclic) bond motifs is 1. The summed E-state index contributed by atoms with van der Waals surface area (Å²) < 4.78 is 22.5. The number of thiazole rings is 1. The van der Waals surface area contributed by atoms with Gasteiger partial charge >= 0.3 is 5.97 Å². The predicted octanol–water partition coefficient (Wildman–Crippen LogP) is 5.03. The van der Waals surface area contributed by atoms with Crippen LogP contribution in [-0.4, -0.2) is 45.9 Å². The van der Waals surface area contributed by atoms with Crippen molar-refractivity contribution < 1.29 is 18.8 Å². The molecule has 0 radical (unpaired) electrons. The van der Waals surface area contributed by atoms with Crippen molar-refractivity contribution in [3.05, 3.63) is 62.2 Å². The van der Waals surface area contributed by atoms with E-state index in [1.807, 2.05) is 29.1 Å². The van der Waals surface area contributed by atoms with E-state index in [-0.39, 0.29) is 30.8 Å². The van der Waals surface area contributed by atoms with Crippen molar-refractivity contribution in [2.24, 2.45) is 0 Å². The van der Waals surface area contributed by atoms with Gasteiger partial charge in [0, 0.05) is 41.2 Å². The molecule has 0 spiro atoms. The first-order chi connectivity index (χ1) is 16.9. The Morgan fingerprint density at radius 2 is 2.14 bits per heavy atom. The Bertz CT molecular complexity index is 1490. The molecular formula is C24H24BrClN4O4S2. The summed E-state index contributed by atoms with van der Waals surface area (Å²) in [5, 5.41) is 13.7. The summed E-state index contributed by atoms with van der Waals surface area (Å²) in [6.45, 7) is 4.13. The molecule has 1 N–H and O–H groups in total. The number of carbonyl (C=O) groups is 1. The minimum Gasteiger partial charge on any atom is -0.506 e. The second-order valence-electron chi connectivity index (χ2n) is 8.39. The van der Waals surface area contributed by atoms with Gasteiger partial charge in [-0.3, -0.25) is 0 Å². The average Bonchev–Trinajstić information content (AvgIpc) is 3.22. The average molecular weight is 612 g/mol. The normalized spacial score (nSPS) is 13.0. The van der Waals surface area contributed by atoms with Gasteiger partial charge < -0.3 is 19.0 Å². The number of hydrogen-bond acceptors (Lipinski definition) is 7. The van der Waals surface area contributed by atoms with Gasteiger partial charge in [-0.15, -0.1) is 23.7 Å². The van der Waals surface area contributed by atoms with Crippen LogP contribution in [0.1, 0.15) is 58.9 Å². The van der Waals surface area contributed by atoms with Crippen molar-refractivity contribution in [2.75, 3.05) is 6.61 Å². The van der Waals surface area contributed by atoms with Crippen molar-refractivity contribution in [3.8, 4) is 5.75 Å². The molecule has 1 aliphatic rings. The zero-order valence-corrected chi connectivity index (χ0v) is 23.6. The number of benzene rings is 1. The summed E-state index contributed by atoms with van der Waals surface area (Å²) in [5.74, 6) is 0.316. The number of phenols is 1. The SMILES string of the molecule is CCOC(=O)c1c(C(Cc2cscn2)=S=O)n(C2CC2)c2cc(Br)c(O)c(Cn3ccnc3C)c12.Cl. The molecule has 0 amide bonds. The highest BCUT2D eigenvalue weighted by Gasteiger charge is 2.36. The molecule has 5 rings (SSSR count). The first-order valence-corrected chi connectivity index (χ1v) is 13.7. The largest absolute Gasteiger partial charge is 0.506 e. The molecule has 4 aromatic rings. The van der Waals surface area contributed by atoms with Gasteiger partial charge in [-0.1, -0.05) is 0 Å². The molecule has 1 fully saturated rings. The first kappa shape index (κ1) is 26.6. The van der Waals surface area contributed by atoms with Crippen LogP contribution in [0.2, 0.25) is 0 Å². The Balaban J connectivity index is 0.00000304. The number of ether oxygens (including phenoxy) is 1. The number of halogens is 2. The highest BCUT2D eigenvalue weighted by atomic mass is 79.9. The highest BCUT2D eigenvalue weighted by Crippen LogP contribution is 2.46. The minimum absolute atomic E-state index is 0. The Morgan fingerprint density at radius 3 is 2.72 bits per heavy atom. The van der Waals surface area contributed by atoms with Crippen LogP contribution in [0.15, 0.2) is 33.8 Å². The molecule has 190 valence electrons. The molecular weight excluding hydrogens is 588 g/mol. The number of aromatic hydroxyl groups is 1. The molecule has 0 aliphatic heterocycles. The molecule has 1 aromatic carbocycles. The van der Waals surface area contributed by atoms with Crippen molar-refractivity contribution >= 4 is 72.7 Å². The lowest BCUT2D eigenvalue weighted by Gasteiger charge is -2.13. The van der Waals surface area contributed by atoms with Gasteiger partial charge in [-0.25, -0.2) is 19.0 Å². The van der Waals surface area contributed by atoms with E-state index in [4.69, 9.17) is 4.74 Å². The van der Waals surface area contributed by atoms with E-state index in [0.717, 1.165) is 29.9 Å². The zero-order valence-electron chi connectivity index (χ0n) is 19.6. The molecule has 3 heterocycles. The fourth-order valence-corrected chi connectivity index (χ4v) is 5.93. The maximum atomic E-state index is 13.5. The predicted molar refractivity (Wildman–Crippen MR) is 147 cm³/mol. The Labute approximate surface area is 229 Å². The zero-order chi connectivity index (χ0) is 24.7. The van der Waals surface area contributed by atoms with Gasteiger partial charge in [-0.2, -0.15) is 0 Å². The Kier molecular flexibility index (Phi) is 8.03. The van der Waals surface area contributed by atoms with E-state index >= 15 is 0 Å². The Morgan fingerprint density at radius 1 is 1.36 bits per heavy atom. The molecule has 1 saturated carbocycles. The van der Waals surface area contributed by atoms with Crippen molar-refractivity contribution in [2.45, 2.75) is 45.7 Å². The standard InChI is InChI=1S/C24H23BrN4O4S2.ClH/c1-3-33-24(31)21-20-16(10-28-7-6-26-13(28)2)23(30)17(25)9-18(20)29(15-4-5-15)22(21)19(35-32)8-14-11-34-12-27-14;/h6-7,9,11-12,15,30H,3-5,8,10H2,1-2H3;1H. The van der Waals surface area contributed by atoms with Crippen LogP contribution in [0.3, 0.4) is 0 Å². The van der Waals surface area contributed by atoms with Gasteiger partial charge in [-0.05, 0) is 48.7 Å². The smallest absolute Gasteiger partial charge is 0.341 e. The second kappa shape index (κ2) is 10.9. The summed E-state index contributed by atoms with van der Waals surface area (Å²) >= 11 is 5.35. The van der Waals surface area contributed by atoms with Crippen molar-refractivity contribution in [1.82, 2.24) is 19.1 Å². The molecule has 3 aromatic heterocycles. The maximum Gasteiger partial charge on any atom is 0.341 e. The monoisotopic (exact) mass is 610 g/mol. The number of esters is 1. The second-order valence-corrected chi connectivity index (χ2v) is 10.6. The highest BCUT2D eigenvalue weighted by molar-refractivity contribution is 9.10. The molecule has 1 aliphatic carbocycles. The number of imidazole rings is 1. The van der Waals surface area contributed by atoms with Crippen LogP contribution in [0, 0.1) is 6.92 Å². The van der Waals surface area contributed by atoms with Gasteiger partial charge in [0.15, 0.2) is 0 Å². The van der Waals surface area contributed by atoms with Crippen LogP contribution < -0.4 is 0 Å². The summed E-state index contributed by atoms with van der Waals surface area (Å²) in [4.78, 5) is 22.6. The van der Waals surface area contributed by atoms with E-state index in [1.165, 1.54) is 11.3 Å². The topological polar surface area (TPSA) is 99.2 Å². The van der Waals surface area contributed by atoms with Gasteiger partial charge in [0.05, 0.1) is 61.7 Å². The first-order valence-electron chi connectivity index (χ1n) is 11.2. The number of hydrogen-bond donors (Lipinski definition) is 1. The summed E-state index contributed by atoms with van der Waals surface area (Å²) in [7, 11) is 0. The fraction of sp³-hybridized carbons (Fsp3) is 0.333. The summed E-state index contributed by atoms with van der Waals surface area (Å²) in [6, 6.07) is 1.99. The van der Waals surface area contributed by atoms with E-state index in [0.29, 0.717) is 55.8 Å². The Hall–Kier alpha value is -2.47. The third-order valence-electron chi connectivity index (χ3n) is 6.15. The summed E-state index contributed by atoms with van der Waals surface area (Å²) in [6.07, 6.45) is 5.73. The molecule has 0 atom stereocenters. The van der Waals surface area contributed by atoms with Crippen LogP contribution >= 0.6 is 39.7 Å². The van der Waals surface area contributed by atoms with Crippen molar-refractivity contribution in [3.63, 3.8) is 0 Å². The molecule has 0 bridgehead atoms.